The second-order valence-electron chi connectivity index (χ2n) is 6.38. The van der Waals surface area contributed by atoms with Gasteiger partial charge in [0.1, 0.15) is 11.9 Å². The molecule has 1 aromatic heterocycles. The Morgan fingerprint density at radius 3 is 2.32 bits per heavy atom. The summed E-state index contributed by atoms with van der Waals surface area (Å²) in [6.45, 7) is 2.07. The molecule has 4 rings (SSSR count). The number of aromatic amines is 1. The summed E-state index contributed by atoms with van der Waals surface area (Å²) in [7, 11) is 0. The number of fused-ring (bicyclic) bond motifs is 1. The molecule has 0 bridgehead atoms. The van der Waals surface area contributed by atoms with Crippen molar-refractivity contribution >= 4 is 10.9 Å². The molecule has 3 aromatic carbocycles. The van der Waals surface area contributed by atoms with Gasteiger partial charge in [0.15, 0.2) is 0 Å². The Labute approximate surface area is 148 Å². The zero-order chi connectivity index (χ0) is 17.1. The molecule has 0 aliphatic carbocycles. The number of nitrogens with one attached hydrogen (secondary N) is 1. The molecule has 2 nitrogen and oxygen atoms in total. The average molecular weight is 327 g/mol. The molecule has 2 heteroatoms. The quantitative estimate of drug-likeness (QED) is 0.489. The fraction of sp³-hybridized carbons (Fsp3) is 0.130. The summed E-state index contributed by atoms with van der Waals surface area (Å²) in [6, 6.07) is 29.3. The van der Waals surface area contributed by atoms with Gasteiger partial charge in [-0.2, -0.15) is 0 Å². The van der Waals surface area contributed by atoms with Gasteiger partial charge in [0, 0.05) is 23.0 Å². The summed E-state index contributed by atoms with van der Waals surface area (Å²) in [6.07, 6.45) is 0.814. The Balaban J connectivity index is 1.70. The maximum absolute atomic E-state index is 6.51. The molecule has 1 atom stereocenters. The molecule has 0 spiro atoms. The van der Waals surface area contributed by atoms with E-state index in [0.29, 0.717) is 0 Å². The number of aromatic nitrogens is 1. The van der Waals surface area contributed by atoms with E-state index >= 15 is 0 Å². The molecule has 1 N–H and O–H groups in total. The highest BCUT2D eigenvalue weighted by Gasteiger charge is 2.16. The van der Waals surface area contributed by atoms with Crippen molar-refractivity contribution in [2.24, 2.45) is 0 Å². The van der Waals surface area contributed by atoms with Crippen LogP contribution in [0.25, 0.3) is 10.9 Å². The van der Waals surface area contributed by atoms with Gasteiger partial charge in [-0.15, -0.1) is 0 Å². The third kappa shape index (κ3) is 3.43. The van der Waals surface area contributed by atoms with Gasteiger partial charge >= 0.3 is 0 Å². The van der Waals surface area contributed by atoms with Crippen molar-refractivity contribution in [3.05, 3.63) is 102 Å². The zero-order valence-electron chi connectivity index (χ0n) is 14.3. The summed E-state index contributed by atoms with van der Waals surface area (Å²) in [5, 5.41) is 1.13. The molecule has 0 fully saturated rings. The van der Waals surface area contributed by atoms with E-state index in [9.17, 15) is 0 Å². The van der Waals surface area contributed by atoms with Gasteiger partial charge < -0.3 is 9.72 Å². The highest BCUT2D eigenvalue weighted by atomic mass is 16.5. The van der Waals surface area contributed by atoms with Crippen molar-refractivity contribution < 1.29 is 4.74 Å². The minimum atomic E-state index is -0.0237. The molecule has 1 unspecified atom stereocenters. The van der Waals surface area contributed by atoms with Gasteiger partial charge in [-0.3, -0.25) is 0 Å². The standard InChI is InChI=1S/C23H21NO/c1-17-15-20-21(24-17)13-8-14-22(20)25-23(19-11-6-3-7-12-19)16-18-9-4-2-5-10-18/h2-15,23-24H,16H2,1H3. The first-order valence-corrected chi connectivity index (χ1v) is 8.63. The summed E-state index contributed by atoms with van der Waals surface area (Å²) in [5.41, 5.74) is 4.72. The Morgan fingerprint density at radius 2 is 1.56 bits per heavy atom. The predicted octanol–water partition coefficient (Wildman–Crippen LogP) is 5.84. The number of hydrogen-bond acceptors (Lipinski definition) is 1. The predicted molar refractivity (Wildman–Crippen MR) is 103 cm³/mol. The fourth-order valence-corrected chi connectivity index (χ4v) is 3.25. The molecule has 1 heterocycles. The van der Waals surface area contributed by atoms with Gasteiger partial charge in [-0.05, 0) is 36.2 Å². The molecule has 0 radical (unpaired) electrons. The second-order valence-corrected chi connectivity index (χ2v) is 6.38. The first kappa shape index (κ1) is 15.5. The van der Waals surface area contributed by atoms with E-state index in [2.05, 4.69) is 78.6 Å². The molecule has 4 aromatic rings. The van der Waals surface area contributed by atoms with Crippen LogP contribution in [0, 0.1) is 6.92 Å². The lowest BCUT2D eigenvalue weighted by molar-refractivity contribution is 0.209. The summed E-state index contributed by atoms with van der Waals surface area (Å²) < 4.78 is 6.51. The molecular formula is C23H21NO. The van der Waals surface area contributed by atoms with Crippen LogP contribution in [0.5, 0.6) is 5.75 Å². The van der Waals surface area contributed by atoms with Crippen molar-refractivity contribution in [3.63, 3.8) is 0 Å². The van der Waals surface area contributed by atoms with Gasteiger partial charge in [0.05, 0.1) is 0 Å². The van der Waals surface area contributed by atoms with Crippen LogP contribution in [0.1, 0.15) is 22.9 Å². The second kappa shape index (κ2) is 6.86. The Bertz CT molecular complexity index is 957. The molecule has 0 saturated heterocycles. The van der Waals surface area contributed by atoms with Crippen molar-refractivity contribution in [2.75, 3.05) is 0 Å². The Hall–Kier alpha value is -3.00. The first-order valence-electron chi connectivity index (χ1n) is 8.63. The lowest BCUT2D eigenvalue weighted by Gasteiger charge is -2.20. The third-order valence-electron chi connectivity index (χ3n) is 4.46. The third-order valence-corrected chi connectivity index (χ3v) is 4.46. The smallest absolute Gasteiger partial charge is 0.129 e. The minimum absolute atomic E-state index is 0.0237. The highest BCUT2D eigenvalue weighted by molar-refractivity contribution is 5.86. The maximum atomic E-state index is 6.51. The Kier molecular flexibility index (Phi) is 4.26. The van der Waals surface area contributed by atoms with Gasteiger partial charge in [0.25, 0.3) is 0 Å². The number of H-pyrrole nitrogens is 1. The SMILES string of the molecule is Cc1cc2c(OC(Cc3ccccc3)c3ccccc3)cccc2[nH]1. The number of aryl methyl sites for hydroxylation is 1. The summed E-state index contributed by atoms with van der Waals surface area (Å²) in [4.78, 5) is 3.38. The Morgan fingerprint density at radius 1 is 0.840 bits per heavy atom. The van der Waals surface area contributed by atoms with E-state index in [1.165, 1.54) is 11.1 Å². The lowest BCUT2D eigenvalue weighted by atomic mass is 10.0. The number of rotatable bonds is 5. The molecule has 25 heavy (non-hydrogen) atoms. The van der Waals surface area contributed by atoms with E-state index in [-0.39, 0.29) is 6.10 Å². The van der Waals surface area contributed by atoms with Crippen molar-refractivity contribution in [1.82, 2.24) is 4.98 Å². The van der Waals surface area contributed by atoms with Crippen LogP contribution in [0.4, 0.5) is 0 Å². The molecule has 0 aliphatic rings. The number of benzene rings is 3. The number of hydrogen-bond donors (Lipinski definition) is 1. The topological polar surface area (TPSA) is 25.0 Å². The van der Waals surface area contributed by atoms with Crippen molar-refractivity contribution in [1.29, 1.82) is 0 Å². The molecule has 0 saturated carbocycles. The summed E-state index contributed by atoms with van der Waals surface area (Å²) >= 11 is 0. The van der Waals surface area contributed by atoms with Crippen LogP contribution in [0.15, 0.2) is 84.9 Å². The van der Waals surface area contributed by atoms with E-state index in [4.69, 9.17) is 4.74 Å². The van der Waals surface area contributed by atoms with Crippen LogP contribution in [0.2, 0.25) is 0 Å². The van der Waals surface area contributed by atoms with Gasteiger partial charge in [-0.25, -0.2) is 0 Å². The normalized spacial score (nSPS) is 12.2. The van der Waals surface area contributed by atoms with Gasteiger partial charge in [0.2, 0.25) is 0 Å². The number of ether oxygens (including phenoxy) is 1. The monoisotopic (exact) mass is 327 g/mol. The van der Waals surface area contributed by atoms with E-state index in [1.807, 2.05) is 18.2 Å². The zero-order valence-corrected chi connectivity index (χ0v) is 14.3. The average Bonchev–Trinajstić information content (AvgIpc) is 3.04. The van der Waals surface area contributed by atoms with E-state index < -0.39 is 0 Å². The van der Waals surface area contributed by atoms with Crippen LogP contribution < -0.4 is 4.74 Å². The first-order chi connectivity index (χ1) is 12.3. The lowest BCUT2D eigenvalue weighted by Crippen LogP contribution is -2.11. The molecule has 0 amide bonds. The van der Waals surface area contributed by atoms with E-state index in [1.54, 1.807) is 0 Å². The molecular weight excluding hydrogens is 306 g/mol. The van der Waals surface area contributed by atoms with Crippen LogP contribution >= 0.6 is 0 Å². The van der Waals surface area contributed by atoms with Crippen LogP contribution in [-0.4, -0.2) is 4.98 Å². The molecule has 0 aliphatic heterocycles. The van der Waals surface area contributed by atoms with Crippen LogP contribution in [0.3, 0.4) is 0 Å². The maximum Gasteiger partial charge on any atom is 0.129 e. The van der Waals surface area contributed by atoms with E-state index in [0.717, 1.165) is 28.8 Å². The highest BCUT2D eigenvalue weighted by Crippen LogP contribution is 2.31. The summed E-state index contributed by atoms with van der Waals surface area (Å²) in [5.74, 6) is 0.923. The van der Waals surface area contributed by atoms with Crippen molar-refractivity contribution in [2.45, 2.75) is 19.4 Å². The molecule has 124 valence electrons. The largest absolute Gasteiger partial charge is 0.485 e. The van der Waals surface area contributed by atoms with Crippen molar-refractivity contribution in [3.8, 4) is 5.75 Å². The van der Waals surface area contributed by atoms with Crippen LogP contribution in [-0.2, 0) is 6.42 Å². The van der Waals surface area contributed by atoms with Gasteiger partial charge in [-0.1, -0.05) is 66.7 Å². The minimum Gasteiger partial charge on any atom is -0.485 e. The fourth-order valence-electron chi connectivity index (χ4n) is 3.25.